The Labute approximate surface area is 133 Å². The van der Waals surface area contributed by atoms with Gasteiger partial charge in [0.1, 0.15) is 0 Å². The predicted molar refractivity (Wildman–Crippen MR) is 82.6 cm³/mol. The average molecular weight is 336 g/mol. The van der Waals surface area contributed by atoms with Gasteiger partial charge in [-0.1, -0.05) is 23.9 Å². The fourth-order valence-corrected chi connectivity index (χ4v) is 2.27. The standard InChI is InChI=1S/C13H12N4O5S/c1-22-12(20)7-4-2-3-5-8(7)14-9(18)6-23-11-10(19)15-13(21)17-16-11/h2-5H,6H2,1H3,(H,14,18)(H2,15,17,19,21). The molecule has 0 unspecified atom stereocenters. The van der Waals surface area contributed by atoms with Gasteiger partial charge in [0.05, 0.1) is 24.1 Å². The van der Waals surface area contributed by atoms with Gasteiger partial charge in [-0.2, -0.15) is 5.10 Å². The molecule has 120 valence electrons. The van der Waals surface area contributed by atoms with Crippen molar-refractivity contribution in [3.05, 3.63) is 50.7 Å². The Balaban J connectivity index is 2.04. The van der Waals surface area contributed by atoms with Crippen molar-refractivity contribution >= 4 is 29.3 Å². The van der Waals surface area contributed by atoms with Crippen LogP contribution in [0.1, 0.15) is 10.4 Å². The smallest absolute Gasteiger partial charge is 0.342 e. The molecule has 23 heavy (non-hydrogen) atoms. The highest BCUT2D eigenvalue weighted by atomic mass is 32.2. The zero-order valence-corrected chi connectivity index (χ0v) is 12.7. The van der Waals surface area contributed by atoms with Crippen LogP contribution in [-0.4, -0.2) is 39.9 Å². The Hall–Kier alpha value is -2.88. The Morgan fingerprint density at radius 2 is 2.04 bits per heavy atom. The molecule has 0 bridgehead atoms. The van der Waals surface area contributed by atoms with Crippen molar-refractivity contribution in [2.24, 2.45) is 0 Å². The van der Waals surface area contributed by atoms with Gasteiger partial charge in [-0.05, 0) is 12.1 Å². The fraction of sp³-hybridized carbons (Fsp3) is 0.154. The lowest BCUT2D eigenvalue weighted by molar-refractivity contribution is -0.113. The molecule has 0 aliphatic heterocycles. The summed E-state index contributed by atoms with van der Waals surface area (Å²) in [7, 11) is 1.24. The van der Waals surface area contributed by atoms with Gasteiger partial charge < -0.3 is 10.1 Å². The number of H-pyrrole nitrogens is 2. The van der Waals surface area contributed by atoms with Crippen LogP contribution in [0.4, 0.5) is 5.69 Å². The Morgan fingerprint density at radius 1 is 1.30 bits per heavy atom. The van der Waals surface area contributed by atoms with E-state index in [-0.39, 0.29) is 16.3 Å². The lowest BCUT2D eigenvalue weighted by atomic mass is 10.2. The van der Waals surface area contributed by atoms with Gasteiger partial charge in [0.25, 0.3) is 5.56 Å². The summed E-state index contributed by atoms with van der Waals surface area (Å²) >= 11 is 0.850. The molecule has 2 aromatic rings. The molecule has 0 saturated carbocycles. The van der Waals surface area contributed by atoms with Crippen molar-refractivity contribution < 1.29 is 14.3 Å². The second-order valence-corrected chi connectivity index (χ2v) is 5.15. The second kappa shape index (κ2) is 7.40. The topological polar surface area (TPSA) is 134 Å². The highest BCUT2D eigenvalue weighted by Gasteiger charge is 2.14. The molecular weight excluding hydrogens is 324 g/mol. The molecule has 10 heteroatoms. The van der Waals surface area contributed by atoms with Crippen molar-refractivity contribution in [1.82, 2.24) is 15.2 Å². The summed E-state index contributed by atoms with van der Waals surface area (Å²) in [6.45, 7) is 0. The van der Waals surface area contributed by atoms with E-state index in [4.69, 9.17) is 0 Å². The van der Waals surface area contributed by atoms with E-state index in [9.17, 15) is 19.2 Å². The number of rotatable bonds is 5. The highest BCUT2D eigenvalue weighted by Crippen LogP contribution is 2.17. The molecule has 1 aromatic carbocycles. The second-order valence-electron chi connectivity index (χ2n) is 4.19. The van der Waals surface area contributed by atoms with Crippen molar-refractivity contribution in [3.63, 3.8) is 0 Å². The van der Waals surface area contributed by atoms with Gasteiger partial charge in [0.15, 0.2) is 5.03 Å². The summed E-state index contributed by atoms with van der Waals surface area (Å²) in [6, 6.07) is 6.37. The minimum atomic E-state index is -0.726. The molecule has 2 rings (SSSR count). The molecule has 1 aromatic heterocycles. The molecular formula is C13H12N4O5S. The number of anilines is 1. The summed E-state index contributed by atoms with van der Waals surface area (Å²) in [4.78, 5) is 47.8. The number of hydrogen-bond donors (Lipinski definition) is 3. The van der Waals surface area contributed by atoms with Crippen LogP contribution >= 0.6 is 11.8 Å². The quantitative estimate of drug-likeness (QED) is 0.516. The van der Waals surface area contributed by atoms with Gasteiger partial charge >= 0.3 is 11.7 Å². The predicted octanol–water partition coefficient (Wildman–Crippen LogP) is -0.0244. The number of nitrogens with zero attached hydrogens (tertiary/aromatic N) is 1. The number of benzene rings is 1. The maximum Gasteiger partial charge on any atom is 0.342 e. The van der Waals surface area contributed by atoms with Crippen LogP contribution in [0.15, 0.2) is 38.9 Å². The first-order valence-electron chi connectivity index (χ1n) is 6.30. The average Bonchev–Trinajstić information content (AvgIpc) is 2.54. The summed E-state index contributed by atoms with van der Waals surface area (Å²) in [5.41, 5.74) is -0.890. The van der Waals surface area contributed by atoms with Gasteiger partial charge in [-0.25, -0.2) is 14.7 Å². The van der Waals surface area contributed by atoms with Crippen LogP contribution < -0.4 is 16.6 Å². The van der Waals surface area contributed by atoms with E-state index >= 15 is 0 Å². The highest BCUT2D eigenvalue weighted by molar-refractivity contribution is 7.99. The number of carbonyl (C=O) groups excluding carboxylic acids is 2. The van der Waals surface area contributed by atoms with E-state index in [2.05, 4.69) is 20.3 Å². The van der Waals surface area contributed by atoms with Gasteiger partial charge in [0.2, 0.25) is 5.91 Å². The monoisotopic (exact) mass is 336 g/mol. The van der Waals surface area contributed by atoms with Gasteiger partial charge in [0, 0.05) is 0 Å². The van der Waals surface area contributed by atoms with E-state index in [0.29, 0.717) is 5.69 Å². The summed E-state index contributed by atoms with van der Waals surface area (Å²) in [5.74, 6) is -1.15. The number of aromatic amines is 2. The largest absolute Gasteiger partial charge is 0.465 e. The Morgan fingerprint density at radius 3 is 2.74 bits per heavy atom. The van der Waals surface area contributed by atoms with E-state index in [1.807, 2.05) is 4.98 Å². The minimum Gasteiger partial charge on any atom is -0.465 e. The molecule has 0 aliphatic carbocycles. The first kappa shape index (κ1) is 16.5. The zero-order chi connectivity index (χ0) is 16.8. The number of ether oxygens (including phenoxy) is 1. The molecule has 0 fully saturated rings. The number of nitrogens with one attached hydrogen (secondary N) is 3. The Bertz CT molecular complexity index is 844. The number of hydrogen-bond acceptors (Lipinski definition) is 7. The van der Waals surface area contributed by atoms with Crippen LogP contribution in [0.2, 0.25) is 0 Å². The number of para-hydroxylation sites is 1. The van der Waals surface area contributed by atoms with Crippen molar-refractivity contribution in [2.45, 2.75) is 5.03 Å². The molecule has 9 nitrogen and oxygen atoms in total. The third kappa shape index (κ3) is 4.30. The summed E-state index contributed by atoms with van der Waals surface area (Å²) < 4.78 is 4.63. The summed E-state index contributed by atoms with van der Waals surface area (Å²) in [5, 5.41) is 8.13. The minimum absolute atomic E-state index is 0.0407. The van der Waals surface area contributed by atoms with E-state index in [1.165, 1.54) is 13.2 Å². The normalized spacial score (nSPS) is 10.1. The van der Waals surface area contributed by atoms with Crippen LogP contribution in [0.25, 0.3) is 0 Å². The third-order valence-electron chi connectivity index (χ3n) is 2.63. The van der Waals surface area contributed by atoms with Crippen LogP contribution in [0.3, 0.4) is 0 Å². The molecule has 1 amide bonds. The molecule has 1 heterocycles. The van der Waals surface area contributed by atoms with Crippen molar-refractivity contribution in [2.75, 3.05) is 18.2 Å². The first-order chi connectivity index (χ1) is 11.0. The number of amides is 1. The molecule has 0 atom stereocenters. The number of methoxy groups -OCH3 is 1. The number of carbonyl (C=O) groups is 2. The molecule has 3 N–H and O–H groups in total. The maximum absolute atomic E-state index is 11.9. The maximum atomic E-state index is 11.9. The molecule has 0 radical (unpaired) electrons. The lowest BCUT2D eigenvalue weighted by Crippen LogP contribution is -2.26. The van der Waals surface area contributed by atoms with E-state index < -0.39 is 23.1 Å². The molecule has 0 saturated heterocycles. The summed E-state index contributed by atoms with van der Waals surface area (Å²) in [6.07, 6.45) is 0. The zero-order valence-electron chi connectivity index (χ0n) is 11.9. The SMILES string of the molecule is COC(=O)c1ccccc1NC(=O)CSc1n[nH]c(=O)[nH]c1=O. The van der Waals surface area contributed by atoms with E-state index in [0.717, 1.165) is 11.8 Å². The number of esters is 1. The number of thioether (sulfide) groups is 1. The lowest BCUT2D eigenvalue weighted by Gasteiger charge is -2.09. The van der Waals surface area contributed by atoms with Crippen molar-refractivity contribution in [3.8, 4) is 0 Å². The van der Waals surface area contributed by atoms with Crippen LogP contribution in [0, 0.1) is 0 Å². The first-order valence-corrected chi connectivity index (χ1v) is 7.29. The van der Waals surface area contributed by atoms with Gasteiger partial charge in [-0.3, -0.25) is 14.6 Å². The molecule has 0 spiro atoms. The van der Waals surface area contributed by atoms with Crippen molar-refractivity contribution in [1.29, 1.82) is 0 Å². The number of aromatic nitrogens is 3. The molecule has 0 aliphatic rings. The van der Waals surface area contributed by atoms with E-state index in [1.54, 1.807) is 18.2 Å². The fourth-order valence-electron chi connectivity index (χ4n) is 1.63. The Kier molecular flexibility index (Phi) is 5.31. The van der Waals surface area contributed by atoms with Gasteiger partial charge in [-0.15, -0.1) is 0 Å². The van der Waals surface area contributed by atoms with Crippen LogP contribution in [0.5, 0.6) is 0 Å². The van der Waals surface area contributed by atoms with Crippen LogP contribution in [-0.2, 0) is 9.53 Å². The third-order valence-corrected chi connectivity index (χ3v) is 3.58.